The molecule has 1 fully saturated rings. The van der Waals surface area contributed by atoms with Crippen LogP contribution in [0.5, 0.6) is 5.75 Å². The molecule has 2 aromatic rings. The molecule has 1 heterocycles. The molecule has 0 radical (unpaired) electrons. The molecule has 0 spiro atoms. The Bertz CT molecular complexity index is 874. The van der Waals surface area contributed by atoms with Crippen molar-refractivity contribution < 1.29 is 34.3 Å². The molecule has 1 aliphatic rings. The van der Waals surface area contributed by atoms with E-state index in [0.717, 1.165) is 5.56 Å². The predicted octanol–water partition coefficient (Wildman–Crippen LogP) is 1.76. The number of carbonyl (C=O) groups excluding carboxylic acids is 1. The molecule has 0 bridgehead atoms. The van der Waals surface area contributed by atoms with Gasteiger partial charge in [-0.3, -0.25) is 4.79 Å². The Labute approximate surface area is 189 Å². The van der Waals surface area contributed by atoms with Crippen LogP contribution in [0.4, 0.5) is 0 Å². The van der Waals surface area contributed by atoms with Gasteiger partial charge in [0.25, 0.3) is 5.91 Å². The lowest BCUT2D eigenvalue weighted by Gasteiger charge is -2.41. The summed E-state index contributed by atoms with van der Waals surface area (Å²) in [6, 6.07) is 11.1. The number of rotatable bonds is 7. The number of halogens is 2. The summed E-state index contributed by atoms with van der Waals surface area (Å²) in [5, 5.41) is 32.5. The number of ether oxygens (including phenoxy) is 3. The minimum absolute atomic E-state index is 0.114. The number of benzene rings is 2. The van der Waals surface area contributed by atoms with E-state index in [9.17, 15) is 20.1 Å². The van der Waals surface area contributed by atoms with Crippen LogP contribution in [-0.2, 0) is 16.1 Å². The topological polar surface area (TPSA) is 117 Å². The third-order valence-electron chi connectivity index (χ3n) is 4.90. The Morgan fingerprint density at radius 3 is 2.35 bits per heavy atom. The second-order valence-electron chi connectivity index (χ2n) is 6.98. The largest absolute Gasteiger partial charge is 0.486 e. The van der Waals surface area contributed by atoms with Crippen LogP contribution in [0.2, 0.25) is 10.0 Å². The molecule has 3 rings (SSSR count). The predicted molar refractivity (Wildman–Crippen MR) is 113 cm³/mol. The van der Waals surface area contributed by atoms with Gasteiger partial charge in [0, 0.05) is 12.7 Å². The van der Waals surface area contributed by atoms with Gasteiger partial charge in [-0.15, -0.1) is 0 Å². The fraction of sp³-hybridized carbons (Fsp3) is 0.381. The van der Waals surface area contributed by atoms with E-state index < -0.39 is 43.2 Å². The first-order chi connectivity index (χ1) is 14.8. The first-order valence-electron chi connectivity index (χ1n) is 9.47. The third-order valence-corrected chi connectivity index (χ3v) is 5.46. The molecule has 4 N–H and O–H groups in total. The summed E-state index contributed by atoms with van der Waals surface area (Å²) in [6.45, 7) is -0.273. The van der Waals surface area contributed by atoms with Crippen LogP contribution in [0, 0.1) is 0 Å². The molecule has 0 aliphatic carbocycles. The quantitative estimate of drug-likeness (QED) is 0.485. The van der Waals surface area contributed by atoms with Gasteiger partial charge < -0.3 is 34.8 Å². The molecule has 2 aromatic carbocycles. The van der Waals surface area contributed by atoms with E-state index in [1.54, 1.807) is 0 Å². The van der Waals surface area contributed by atoms with E-state index in [1.165, 1.54) is 19.2 Å². The molecule has 8 nitrogen and oxygen atoms in total. The molecule has 1 unspecified atom stereocenters. The zero-order valence-electron chi connectivity index (χ0n) is 16.6. The monoisotopic (exact) mass is 471 g/mol. The molecular formula is C21H23Cl2NO7. The van der Waals surface area contributed by atoms with Crippen molar-refractivity contribution in [3.8, 4) is 5.75 Å². The van der Waals surface area contributed by atoms with Crippen molar-refractivity contribution in [2.45, 2.75) is 37.3 Å². The van der Waals surface area contributed by atoms with Crippen molar-refractivity contribution in [1.82, 2.24) is 5.32 Å². The second-order valence-corrected chi connectivity index (χ2v) is 7.80. The summed E-state index contributed by atoms with van der Waals surface area (Å²) in [7, 11) is 1.31. The van der Waals surface area contributed by atoms with Crippen LogP contribution < -0.4 is 10.1 Å². The van der Waals surface area contributed by atoms with Crippen LogP contribution in [0.3, 0.4) is 0 Å². The summed E-state index contributed by atoms with van der Waals surface area (Å²) in [6.07, 6.45) is -4.97. The van der Waals surface area contributed by atoms with Crippen molar-refractivity contribution >= 4 is 29.1 Å². The molecule has 10 heteroatoms. The molecule has 1 aliphatic heterocycles. The number of aliphatic hydroxyl groups excluding tert-OH is 3. The van der Waals surface area contributed by atoms with Gasteiger partial charge in [0.15, 0.2) is 12.0 Å². The minimum Gasteiger partial charge on any atom is -0.486 e. The van der Waals surface area contributed by atoms with Gasteiger partial charge in [-0.25, -0.2) is 0 Å². The van der Waals surface area contributed by atoms with Crippen LogP contribution >= 0.6 is 23.2 Å². The molecule has 31 heavy (non-hydrogen) atoms. The summed E-state index contributed by atoms with van der Waals surface area (Å²) in [4.78, 5) is 12.8. The molecule has 1 amide bonds. The number of hydrogen-bond acceptors (Lipinski definition) is 7. The number of aliphatic hydroxyl groups is 3. The van der Waals surface area contributed by atoms with E-state index in [1.807, 2.05) is 30.3 Å². The molecule has 0 aromatic heterocycles. The van der Waals surface area contributed by atoms with Crippen molar-refractivity contribution in [3.63, 3.8) is 0 Å². The highest BCUT2D eigenvalue weighted by Crippen LogP contribution is 2.35. The molecule has 168 valence electrons. The van der Waals surface area contributed by atoms with E-state index in [2.05, 4.69) is 5.32 Å². The van der Waals surface area contributed by atoms with Gasteiger partial charge in [0.2, 0.25) is 0 Å². The molecule has 5 atom stereocenters. The van der Waals surface area contributed by atoms with Crippen LogP contribution in [0.1, 0.15) is 15.9 Å². The SMILES string of the molecule is CO[C@H]1OC(CO)[C@@H](O)[C@H](O)[C@H]1NC(=O)c1cc(Cl)c(OCc2ccccc2)c(Cl)c1. The highest BCUT2D eigenvalue weighted by atomic mass is 35.5. The van der Waals surface area contributed by atoms with E-state index in [0.29, 0.717) is 0 Å². The number of hydrogen-bond donors (Lipinski definition) is 4. The fourth-order valence-corrected chi connectivity index (χ4v) is 3.83. The average Bonchev–Trinajstić information content (AvgIpc) is 2.77. The number of carbonyl (C=O) groups is 1. The van der Waals surface area contributed by atoms with E-state index in [4.69, 9.17) is 37.4 Å². The zero-order valence-corrected chi connectivity index (χ0v) is 18.1. The van der Waals surface area contributed by atoms with Gasteiger partial charge in [-0.05, 0) is 17.7 Å². The average molecular weight is 472 g/mol. The Balaban J connectivity index is 1.73. The highest BCUT2D eigenvalue weighted by molar-refractivity contribution is 6.37. The highest BCUT2D eigenvalue weighted by Gasteiger charge is 2.45. The Kier molecular flexibility index (Phi) is 8.12. The summed E-state index contributed by atoms with van der Waals surface area (Å²) >= 11 is 12.6. The van der Waals surface area contributed by atoms with Gasteiger partial charge in [-0.2, -0.15) is 0 Å². The summed E-state index contributed by atoms with van der Waals surface area (Å²) in [5.41, 5.74) is 1.04. The normalized spacial score (nSPS) is 25.8. The minimum atomic E-state index is -1.43. The molecule has 1 saturated heterocycles. The number of methoxy groups -OCH3 is 1. The van der Waals surface area contributed by atoms with Gasteiger partial charge in [0.1, 0.15) is 31.0 Å². The lowest BCUT2D eigenvalue weighted by atomic mass is 9.96. The Morgan fingerprint density at radius 2 is 1.77 bits per heavy atom. The zero-order chi connectivity index (χ0) is 22.5. The van der Waals surface area contributed by atoms with Crippen LogP contribution in [0.15, 0.2) is 42.5 Å². The molecular weight excluding hydrogens is 449 g/mol. The standard InChI is InChI=1S/C21H23Cl2NO7/c1-29-21-16(18(27)17(26)15(9-25)31-21)24-20(28)12-7-13(22)19(14(23)8-12)30-10-11-5-3-2-4-6-11/h2-8,15-18,21,25-27H,9-10H2,1H3,(H,24,28)/t15?,16-,17-,18-,21+/m1/s1. The fourth-order valence-electron chi connectivity index (χ4n) is 3.23. The van der Waals surface area contributed by atoms with Gasteiger partial charge in [0.05, 0.1) is 16.7 Å². The van der Waals surface area contributed by atoms with Crippen molar-refractivity contribution in [2.24, 2.45) is 0 Å². The van der Waals surface area contributed by atoms with Crippen LogP contribution in [-0.4, -0.2) is 65.6 Å². The molecule has 0 saturated carbocycles. The maximum atomic E-state index is 12.8. The first-order valence-corrected chi connectivity index (χ1v) is 10.2. The summed E-state index contributed by atoms with van der Waals surface area (Å²) < 4.78 is 16.2. The summed E-state index contributed by atoms with van der Waals surface area (Å²) in [5.74, 6) is -0.386. The third kappa shape index (κ3) is 5.48. The first kappa shape index (κ1) is 23.7. The lowest BCUT2D eigenvalue weighted by molar-refractivity contribution is -0.261. The second kappa shape index (κ2) is 10.6. The van der Waals surface area contributed by atoms with E-state index >= 15 is 0 Å². The Hall–Kier alpha value is -1.91. The number of amides is 1. The smallest absolute Gasteiger partial charge is 0.251 e. The maximum absolute atomic E-state index is 12.8. The van der Waals surface area contributed by atoms with Gasteiger partial charge in [-0.1, -0.05) is 53.5 Å². The van der Waals surface area contributed by atoms with Crippen molar-refractivity contribution in [3.05, 3.63) is 63.6 Å². The number of nitrogens with one attached hydrogen (secondary N) is 1. The van der Waals surface area contributed by atoms with Crippen LogP contribution in [0.25, 0.3) is 0 Å². The maximum Gasteiger partial charge on any atom is 0.251 e. The Morgan fingerprint density at radius 1 is 1.13 bits per heavy atom. The van der Waals surface area contributed by atoms with Crippen molar-refractivity contribution in [1.29, 1.82) is 0 Å². The van der Waals surface area contributed by atoms with E-state index in [-0.39, 0.29) is 28.0 Å². The van der Waals surface area contributed by atoms with Gasteiger partial charge >= 0.3 is 0 Å². The van der Waals surface area contributed by atoms with Crippen molar-refractivity contribution in [2.75, 3.05) is 13.7 Å². The lowest BCUT2D eigenvalue weighted by Crippen LogP contribution is -2.64.